The van der Waals surface area contributed by atoms with Gasteiger partial charge in [0.05, 0.1) is 0 Å². The highest BCUT2D eigenvalue weighted by molar-refractivity contribution is 6.07. The summed E-state index contributed by atoms with van der Waals surface area (Å²) in [6, 6.07) is -0.287. The summed E-state index contributed by atoms with van der Waals surface area (Å²) in [5, 5.41) is 2.85. The summed E-state index contributed by atoms with van der Waals surface area (Å²) >= 11 is 0. The monoisotopic (exact) mass is 240 g/mol. The van der Waals surface area contributed by atoms with Crippen LogP contribution in [0.3, 0.4) is 0 Å². The van der Waals surface area contributed by atoms with Crippen LogP contribution in [0.1, 0.15) is 19.8 Å². The third kappa shape index (κ3) is 2.02. The van der Waals surface area contributed by atoms with Crippen LogP contribution in [0.5, 0.6) is 0 Å². The number of piperidine rings is 1. The topological polar surface area (TPSA) is 78.7 Å². The Hall–Kier alpha value is -1.14. The van der Waals surface area contributed by atoms with E-state index in [1.807, 2.05) is 0 Å². The first-order valence-electron chi connectivity index (χ1n) is 6.19. The summed E-state index contributed by atoms with van der Waals surface area (Å²) in [6.07, 6.45) is 1.40. The van der Waals surface area contributed by atoms with Crippen molar-refractivity contribution in [1.29, 1.82) is 0 Å². The van der Waals surface area contributed by atoms with Crippen LogP contribution >= 0.6 is 0 Å². The molecule has 2 rings (SSSR count). The Morgan fingerprint density at radius 2 is 2.00 bits per heavy atom. The molecule has 6 nitrogen and oxygen atoms in total. The second-order valence-corrected chi connectivity index (χ2v) is 4.69. The van der Waals surface area contributed by atoms with Crippen molar-refractivity contribution >= 4 is 11.9 Å². The van der Waals surface area contributed by atoms with E-state index in [2.05, 4.69) is 17.1 Å². The zero-order chi connectivity index (χ0) is 12.5. The quantitative estimate of drug-likeness (QED) is 0.643. The first-order valence-corrected chi connectivity index (χ1v) is 6.19. The maximum Gasteiger partial charge on any atom is 0.325 e. The largest absolute Gasteiger partial charge is 0.329 e. The summed E-state index contributed by atoms with van der Waals surface area (Å²) in [5.41, 5.74) is 4.76. The summed E-state index contributed by atoms with van der Waals surface area (Å²) in [5.74, 6) is -0.0938. The molecule has 1 spiro atoms. The van der Waals surface area contributed by atoms with Gasteiger partial charge in [-0.05, 0) is 19.4 Å². The van der Waals surface area contributed by atoms with Crippen LogP contribution in [0.2, 0.25) is 0 Å². The Morgan fingerprint density at radius 3 is 2.53 bits per heavy atom. The molecule has 0 unspecified atom stereocenters. The van der Waals surface area contributed by atoms with Crippen LogP contribution in [0.15, 0.2) is 0 Å². The van der Waals surface area contributed by atoms with Crippen LogP contribution < -0.4 is 11.1 Å². The van der Waals surface area contributed by atoms with Crippen molar-refractivity contribution < 1.29 is 9.59 Å². The first-order chi connectivity index (χ1) is 8.13. The smallest absolute Gasteiger partial charge is 0.325 e. The molecule has 0 atom stereocenters. The molecule has 0 radical (unpaired) electrons. The second kappa shape index (κ2) is 4.62. The highest BCUT2D eigenvalue weighted by atomic mass is 16.2. The van der Waals surface area contributed by atoms with Gasteiger partial charge in [-0.2, -0.15) is 0 Å². The van der Waals surface area contributed by atoms with Gasteiger partial charge in [0.25, 0.3) is 5.91 Å². The van der Waals surface area contributed by atoms with Gasteiger partial charge in [0.15, 0.2) is 0 Å². The van der Waals surface area contributed by atoms with E-state index in [9.17, 15) is 9.59 Å². The highest BCUT2D eigenvalue weighted by Crippen LogP contribution is 2.29. The number of nitrogens with two attached hydrogens (primary N) is 1. The van der Waals surface area contributed by atoms with Crippen molar-refractivity contribution in [3.8, 4) is 0 Å². The van der Waals surface area contributed by atoms with E-state index in [0.717, 1.165) is 19.6 Å². The molecule has 2 fully saturated rings. The van der Waals surface area contributed by atoms with E-state index in [1.165, 1.54) is 4.90 Å². The van der Waals surface area contributed by atoms with Crippen molar-refractivity contribution in [2.24, 2.45) is 5.73 Å². The molecule has 3 N–H and O–H groups in total. The van der Waals surface area contributed by atoms with Crippen LogP contribution in [0, 0.1) is 0 Å². The van der Waals surface area contributed by atoms with E-state index >= 15 is 0 Å². The SMILES string of the molecule is CCN1CCC2(CC1)NC(=O)N(CCN)C2=O. The summed E-state index contributed by atoms with van der Waals surface area (Å²) in [6.45, 7) is 5.44. The second-order valence-electron chi connectivity index (χ2n) is 4.69. The summed E-state index contributed by atoms with van der Waals surface area (Å²) in [4.78, 5) is 27.5. The normalized spacial score (nSPS) is 24.5. The molecular formula is C11H20N4O2. The molecule has 0 aliphatic carbocycles. The first kappa shape index (κ1) is 12.3. The molecule has 3 amide bonds. The Bertz CT molecular complexity index is 323. The number of amides is 3. The molecule has 0 aromatic heterocycles. The fraction of sp³-hybridized carbons (Fsp3) is 0.818. The van der Waals surface area contributed by atoms with Gasteiger partial charge in [-0.25, -0.2) is 4.79 Å². The number of nitrogens with zero attached hydrogens (tertiary/aromatic N) is 2. The van der Waals surface area contributed by atoms with E-state index in [4.69, 9.17) is 5.73 Å². The fourth-order valence-electron chi connectivity index (χ4n) is 2.60. The minimum atomic E-state index is -0.655. The summed E-state index contributed by atoms with van der Waals surface area (Å²) < 4.78 is 0. The average Bonchev–Trinajstić information content (AvgIpc) is 2.56. The van der Waals surface area contributed by atoms with Crippen LogP contribution in [0.25, 0.3) is 0 Å². The number of imide groups is 1. The summed E-state index contributed by atoms with van der Waals surface area (Å²) in [7, 11) is 0. The Labute approximate surface area is 101 Å². The number of hydrogen-bond acceptors (Lipinski definition) is 4. The van der Waals surface area contributed by atoms with Crippen molar-refractivity contribution in [2.75, 3.05) is 32.7 Å². The minimum absolute atomic E-state index is 0.0938. The number of carbonyl (C=O) groups is 2. The van der Waals surface area contributed by atoms with Crippen LogP contribution in [0.4, 0.5) is 4.79 Å². The molecule has 17 heavy (non-hydrogen) atoms. The Balaban J connectivity index is 2.08. The standard InChI is InChI=1S/C11H20N4O2/c1-2-14-6-3-11(4-7-14)9(16)15(8-5-12)10(17)13-11/h2-8,12H2,1H3,(H,13,17). The molecule has 2 aliphatic heterocycles. The van der Waals surface area contributed by atoms with Crippen LogP contribution in [-0.4, -0.2) is 60.0 Å². The lowest BCUT2D eigenvalue weighted by Gasteiger charge is -2.36. The number of rotatable bonds is 3. The maximum atomic E-state index is 12.2. The number of nitrogens with one attached hydrogen (secondary N) is 1. The lowest BCUT2D eigenvalue weighted by molar-refractivity contribution is -0.132. The van der Waals surface area contributed by atoms with Gasteiger partial charge in [0.1, 0.15) is 5.54 Å². The highest BCUT2D eigenvalue weighted by Gasteiger charge is 2.51. The molecule has 2 saturated heterocycles. The van der Waals surface area contributed by atoms with Gasteiger partial charge in [-0.3, -0.25) is 9.69 Å². The van der Waals surface area contributed by atoms with Gasteiger partial charge >= 0.3 is 6.03 Å². The van der Waals surface area contributed by atoms with Gasteiger partial charge in [-0.15, -0.1) is 0 Å². The van der Waals surface area contributed by atoms with E-state index in [0.29, 0.717) is 25.9 Å². The minimum Gasteiger partial charge on any atom is -0.329 e. The Kier molecular flexibility index (Phi) is 3.35. The molecule has 0 saturated carbocycles. The van der Waals surface area contributed by atoms with E-state index in [1.54, 1.807) is 0 Å². The van der Waals surface area contributed by atoms with Crippen molar-refractivity contribution in [2.45, 2.75) is 25.3 Å². The molecule has 0 aromatic rings. The predicted molar refractivity (Wildman–Crippen MR) is 63.4 cm³/mol. The van der Waals surface area contributed by atoms with Crippen molar-refractivity contribution in [1.82, 2.24) is 15.1 Å². The van der Waals surface area contributed by atoms with Gasteiger partial charge < -0.3 is 16.0 Å². The number of carbonyl (C=O) groups excluding carboxylic acids is 2. The molecule has 0 bridgehead atoms. The van der Waals surface area contributed by atoms with Gasteiger partial charge in [-0.1, -0.05) is 6.92 Å². The third-order valence-electron chi connectivity index (χ3n) is 3.76. The number of urea groups is 1. The molecule has 2 heterocycles. The third-order valence-corrected chi connectivity index (χ3v) is 3.76. The van der Waals surface area contributed by atoms with Crippen molar-refractivity contribution in [3.63, 3.8) is 0 Å². The molecule has 6 heteroatoms. The lowest BCUT2D eigenvalue weighted by atomic mass is 9.87. The van der Waals surface area contributed by atoms with Crippen molar-refractivity contribution in [3.05, 3.63) is 0 Å². The molecule has 2 aliphatic rings. The molecular weight excluding hydrogens is 220 g/mol. The zero-order valence-corrected chi connectivity index (χ0v) is 10.2. The lowest BCUT2D eigenvalue weighted by Crippen LogP contribution is -2.54. The van der Waals surface area contributed by atoms with Gasteiger partial charge in [0, 0.05) is 26.2 Å². The Morgan fingerprint density at radius 1 is 1.35 bits per heavy atom. The van der Waals surface area contributed by atoms with E-state index < -0.39 is 5.54 Å². The predicted octanol–water partition coefficient (Wildman–Crippen LogP) is -0.649. The van der Waals surface area contributed by atoms with Gasteiger partial charge in [0.2, 0.25) is 0 Å². The van der Waals surface area contributed by atoms with Crippen LogP contribution in [-0.2, 0) is 4.79 Å². The fourth-order valence-corrected chi connectivity index (χ4v) is 2.60. The van der Waals surface area contributed by atoms with E-state index in [-0.39, 0.29) is 11.9 Å². The number of hydrogen-bond donors (Lipinski definition) is 2. The average molecular weight is 240 g/mol. The zero-order valence-electron chi connectivity index (χ0n) is 10.2. The number of likely N-dealkylation sites (tertiary alicyclic amines) is 1. The molecule has 0 aromatic carbocycles. The molecule has 96 valence electrons. The maximum absolute atomic E-state index is 12.2.